The van der Waals surface area contributed by atoms with E-state index in [9.17, 15) is 4.79 Å². The summed E-state index contributed by atoms with van der Waals surface area (Å²) in [5.41, 5.74) is 2.52. The van der Waals surface area contributed by atoms with Crippen molar-refractivity contribution in [3.05, 3.63) is 53.5 Å². The summed E-state index contributed by atoms with van der Waals surface area (Å²) in [6.45, 7) is 0.213. The Labute approximate surface area is 151 Å². The number of para-hydroxylation sites is 1. The lowest BCUT2D eigenvalue weighted by molar-refractivity contribution is 0.0691. The Morgan fingerprint density at radius 3 is 2.85 bits per heavy atom. The first-order valence-corrected chi connectivity index (χ1v) is 8.65. The molecule has 0 bridgehead atoms. The fraction of sp³-hybridized carbons (Fsp3) is 0.0556. The van der Waals surface area contributed by atoms with E-state index in [2.05, 4.69) is 4.98 Å². The zero-order valence-corrected chi connectivity index (χ0v) is 14.1. The maximum atomic E-state index is 11.1. The molecule has 0 atom stereocenters. The van der Waals surface area contributed by atoms with Gasteiger partial charge in [-0.3, -0.25) is 0 Å². The second kappa shape index (κ2) is 5.57. The number of ether oxygens (including phenoxy) is 2. The Morgan fingerprint density at radius 1 is 1.15 bits per heavy atom. The number of hydrogen-bond donors (Lipinski definition) is 1. The van der Waals surface area contributed by atoms with Gasteiger partial charge in [-0.05, 0) is 24.3 Å². The summed E-state index contributed by atoms with van der Waals surface area (Å²) in [6.07, 6.45) is 0. The normalized spacial score (nSPS) is 12.6. The highest BCUT2D eigenvalue weighted by Crippen LogP contribution is 2.38. The number of aromatic carboxylic acids is 1. The minimum Gasteiger partial charge on any atom is -0.476 e. The summed E-state index contributed by atoms with van der Waals surface area (Å²) in [7, 11) is 0. The van der Waals surface area contributed by atoms with Crippen molar-refractivity contribution in [3.8, 4) is 27.9 Å². The van der Waals surface area contributed by atoms with Gasteiger partial charge in [0.2, 0.25) is 11.9 Å². The summed E-state index contributed by atoms with van der Waals surface area (Å²) in [4.78, 5) is 15.3. The molecule has 0 saturated carbocycles. The summed E-state index contributed by atoms with van der Waals surface area (Å²) in [5.74, 6) is 0.340. The van der Waals surface area contributed by atoms with Gasteiger partial charge in [-0.1, -0.05) is 18.2 Å². The summed E-state index contributed by atoms with van der Waals surface area (Å²) < 4.78 is 12.5. The van der Waals surface area contributed by atoms with Crippen molar-refractivity contribution < 1.29 is 19.4 Å². The highest BCUT2D eigenvalue weighted by Gasteiger charge is 2.19. The second-order valence-corrected chi connectivity index (χ2v) is 6.50. The molecule has 1 aliphatic rings. The van der Waals surface area contributed by atoms with E-state index in [-0.39, 0.29) is 12.5 Å². The molecule has 0 radical (unpaired) electrons. The van der Waals surface area contributed by atoms with Gasteiger partial charge in [0.15, 0.2) is 17.2 Å². The highest BCUT2D eigenvalue weighted by atomic mass is 32.1. The zero-order chi connectivity index (χ0) is 17.7. The lowest BCUT2D eigenvalue weighted by Gasteiger charge is -2.00. The second-order valence-electron chi connectivity index (χ2n) is 5.67. The minimum atomic E-state index is -1.06. The monoisotopic (exact) mass is 365 g/mol. The van der Waals surface area contributed by atoms with Gasteiger partial charge in [0.1, 0.15) is 5.69 Å². The molecular formula is C18H11N3O4S. The molecule has 0 unspecified atom stereocenters. The standard InChI is InChI=1S/C18H11N3O4S/c22-17(23)12-8-26-18(19-12)21-13-4-2-1-3-11(13)16(20-21)10-5-6-14-15(7-10)25-9-24-14/h1-8H,9H2,(H,22,23). The number of carbonyl (C=O) groups is 1. The molecule has 5 rings (SSSR count). The largest absolute Gasteiger partial charge is 0.476 e. The molecule has 0 amide bonds. The number of hydrogen-bond acceptors (Lipinski definition) is 6. The first-order chi connectivity index (χ1) is 12.7. The van der Waals surface area contributed by atoms with Crippen LogP contribution in [0.25, 0.3) is 27.3 Å². The van der Waals surface area contributed by atoms with E-state index < -0.39 is 5.97 Å². The average Bonchev–Trinajstić information content (AvgIpc) is 3.38. The fourth-order valence-electron chi connectivity index (χ4n) is 2.93. The quantitative estimate of drug-likeness (QED) is 0.597. The van der Waals surface area contributed by atoms with Crippen LogP contribution in [0, 0.1) is 0 Å². The van der Waals surface area contributed by atoms with Gasteiger partial charge in [-0.25, -0.2) is 14.5 Å². The summed E-state index contributed by atoms with van der Waals surface area (Å²) >= 11 is 1.24. The number of carboxylic acids is 1. The van der Waals surface area contributed by atoms with Crippen LogP contribution in [0.15, 0.2) is 47.8 Å². The number of thiazole rings is 1. The highest BCUT2D eigenvalue weighted by molar-refractivity contribution is 7.12. The van der Waals surface area contributed by atoms with Crippen molar-refractivity contribution >= 4 is 28.2 Å². The SMILES string of the molecule is O=C(O)c1csc(-n2nc(-c3ccc4c(c3)OCO4)c3ccccc32)n1. The van der Waals surface area contributed by atoms with E-state index in [1.54, 1.807) is 4.68 Å². The maximum Gasteiger partial charge on any atom is 0.355 e. The third-order valence-corrected chi connectivity index (χ3v) is 4.94. The molecule has 4 aromatic rings. The van der Waals surface area contributed by atoms with Crippen LogP contribution in [0.3, 0.4) is 0 Å². The first-order valence-electron chi connectivity index (χ1n) is 7.78. The van der Waals surface area contributed by atoms with Crippen LogP contribution in [0.4, 0.5) is 0 Å². The van der Waals surface area contributed by atoms with Crippen LogP contribution >= 0.6 is 11.3 Å². The van der Waals surface area contributed by atoms with Crippen molar-refractivity contribution in [1.29, 1.82) is 0 Å². The first kappa shape index (κ1) is 14.9. The van der Waals surface area contributed by atoms with Crippen molar-refractivity contribution in [3.63, 3.8) is 0 Å². The van der Waals surface area contributed by atoms with E-state index >= 15 is 0 Å². The molecule has 128 valence electrons. The lowest BCUT2D eigenvalue weighted by Crippen LogP contribution is -2.00. The Morgan fingerprint density at radius 2 is 2.00 bits per heavy atom. The number of benzene rings is 2. The summed E-state index contributed by atoms with van der Waals surface area (Å²) in [5, 5.41) is 16.8. The third kappa shape index (κ3) is 2.23. The number of fused-ring (bicyclic) bond motifs is 2. The van der Waals surface area contributed by atoms with E-state index in [4.69, 9.17) is 19.7 Å². The molecule has 0 spiro atoms. The zero-order valence-electron chi connectivity index (χ0n) is 13.2. The van der Waals surface area contributed by atoms with Crippen LogP contribution in [0.2, 0.25) is 0 Å². The van der Waals surface area contributed by atoms with E-state index in [1.807, 2.05) is 42.5 Å². The number of rotatable bonds is 3. The molecule has 7 nitrogen and oxygen atoms in total. The van der Waals surface area contributed by atoms with Crippen LogP contribution in [-0.4, -0.2) is 32.6 Å². The Hall–Kier alpha value is -3.39. The fourth-order valence-corrected chi connectivity index (χ4v) is 3.69. The van der Waals surface area contributed by atoms with Crippen molar-refractivity contribution in [2.45, 2.75) is 0 Å². The Kier molecular flexibility index (Phi) is 3.19. The molecule has 1 aliphatic heterocycles. The lowest BCUT2D eigenvalue weighted by atomic mass is 10.1. The third-order valence-electron chi connectivity index (χ3n) is 4.13. The number of aromatic nitrogens is 3. The Balaban J connectivity index is 1.70. The number of nitrogens with zero attached hydrogens (tertiary/aromatic N) is 3. The van der Waals surface area contributed by atoms with Crippen molar-refractivity contribution in [2.24, 2.45) is 0 Å². The van der Waals surface area contributed by atoms with Crippen molar-refractivity contribution in [1.82, 2.24) is 14.8 Å². The number of carboxylic acid groups (broad SMARTS) is 1. The predicted octanol–water partition coefficient (Wildman–Crippen LogP) is 3.58. The van der Waals surface area contributed by atoms with Gasteiger partial charge in [-0.15, -0.1) is 11.3 Å². The predicted molar refractivity (Wildman–Crippen MR) is 95.3 cm³/mol. The van der Waals surface area contributed by atoms with Crippen LogP contribution in [-0.2, 0) is 0 Å². The van der Waals surface area contributed by atoms with Crippen LogP contribution < -0.4 is 9.47 Å². The summed E-state index contributed by atoms with van der Waals surface area (Å²) in [6, 6.07) is 13.4. The molecule has 1 N–H and O–H groups in total. The molecule has 2 aromatic carbocycles. The molecule has 2 aromatic heterocycles. The van der Waals surface area contributed by atoms with Gasteiger partial charge in [0.25, 0.3) is 0 Å². The smallest absolute Gasteiger partial charge is 0.355 e. The average molecular weight is 365 g/mol. The molecule has 0 fully saturated rings. The van der Waals surface area contributed by atoms with E-state index in [1.165, 1.54) is 16.7 Å². The molecular weight excluding hydrogens is 354 g/mol. The molecule has 3 heterocycles. The Bertz CT molecular complexity index is 1160. The maximum absolute atomic E-state index is 11.1. The topological polar surface area (TPSA) is 86.5 Å². The van der Waals surface area contributed by atoms with Crippen LogP contribution in [0.5, 0.6) is 11.5 Å². The van der Waals surface area contributed by atoms with Crippen molar-refractivity contribution in [2.75, 3.05) is 6.79 Å². The van der Waals surface area contributed by atoms with Gasteiger partial charge >= 0.3 is 5.97 Å². The molecule has 26 heavy (non-hydrogen) atoms. The van der Waals surface area contributed by atoms with E-state index in [0.29, 0.717) is 16.6 Å². The van der Waals surface area contributed by atoms with E-state index in [0.717, 1.165) is 22.2 Å². The molecule has 0 aliphatic carbocycles. The van der Waals surface area contributed by atoms with Gasteiger partial charge in [-0.2, -0.15) is 5.10 Å². The van der Waals surface area contributed by atoms with Gasteiger partial charge in [0, 0.05) is 16.3 Å². The van der Waals surface area contributed by atoms with Gasteiger partial charge in [0.05, 0.1) is 5.52 Å². The molecule has 0 saturated heterocycles. The molecule has 8 heteroatoms. The van der Waals surface area contributed by atoms with Gasteiger partial charge < -0.3 is 14.6 Å². The van der Waals surface area contributed by atoms with Crippen LogP contribution in [0.1, 0.15) is 10.5 Å². The minimum absolute atomic E-state index is 0.00853.